The molecule has 0 spiro atoms. The van der Waals surface area contributed by atoms with Crippen LogP contribution in [0.4, 0.5) is 0 Å². The monoisotopic (exact) mass is 440 g/mol. The highest BCUT2D eigenvalue weighted by atomic mass is 127. The van der Waals surface area contributed by atoms with Crippen molar-refractivity contribution in [1.29, 1.82) is 5.26 Å². The number of nitriles is 1. The Morgan fingerprint density at radius 3 is 2.44 bits per heavy atom. The molecule has 0 aliphatic rings. The molecular weight excluding hydrogens is 423 g/mol. The van der Waals surface area contributed by atoms with Gasteiger partial charge in [-0.05, 0) is 61.1 Å². The Kier molecular flexibility index (Phi) is 3.62. The van der Waals surface area contributed by atoms with Crippen LogP contribution in [0.3, 0.4) is 0 Å². The number of aromatic nitrogens is 3. The van der Waals surface area contributed by atoms with E-state index in [9.17, 15) is 5.26 Å². The normalized spacial score (nSPS) is 12.0. The quantitative estimate of drug-likeness (QED) is 0.383. The van der Waals surface area contributed by atoms with Crippen molar-refractivity contribution < 1.29 is 0 Å². The standard InChI is InChI=1S/C20H17IN4/c1-20(2,3)25-18(14-7-5-4-6-8-14)16(21)17-19(25)24-12-13(11-22)9-10-15(24)23-17/h4-10,12H,1-3H3. The zero-order valence-corrected chi connectivity index (χ0v) is 16.4. The molecule has 0 saturated carbocycles. The number of pyridine rings is 1. The van der Waals surface area contributed by atoms with Crippen LogP contribution in [-0.4, -0.2) is 14.0 Å². The van der Waals surface area contributed by atoms with Crippen molar-refractivity contribution in [2.75, 3.05) is 0 Å². The lowest BCUT2D eigenvalue weighted by Gasteiger charge is -2.26. The first-order valence-corrected chi connectivity index (χ1v) is 9.17. The van der Waals surface area contributed by atoms with Crippen LogP contribution in [0.1, 0.15) is 26.3 Å². The summed E-state index contributed by atoms with van der Waals surface area (Å²) in [7, 11) is 0. The number of hydrogen-bond acceptors (Lipinski definition) is 2. The van der Waals surface area contributed by atoms with E-state index in [-0.39, 0.29) is 5.54 Å². The fourth-order valence-corrected chi connectivity index (χ4v) is 4.19. The number of imidazole rings is 1. The van der Waals surface area contributed by atoms with Gasteiger partial charge in [0.15, 0.2) is 0 Å². The minimum Gasteiger partial charge on any atom is -0.319 e. The average Bonchev–Trinajstić information content (AvgIpc) is 3.10. The molecule has 0 aliphatic carbocycles. The molecule has 0 radical (unpaired) electrons. The van der Waals surface area contributed by atoms with Gasteiger partial charge in [0.05, 0.1) is 14.8 Å². The summed E-state index contributed by atoms with van der Waals surface area (Å²) in [5.41, 5.74) is 5.70. The van der Waals surface area contributed by atoms with Gasteiger partial charge in [-0.15, -0.1) is 0 Å². The first kappa shape index (κ1) is 16.2. The van der Waals surface area contributed by atoms with Gasteiger partial charge < -0.3 is 4.57 Å². The summed E-state index contributed by atoms with van der Waals surface area (Å²) in [6.07, 6.45) is 1.87. The van der Waals surface area contributed by atoms with E-state index < -0.39 is 0 Å². The van der Waals surface area contributed by atoms with Gasteiger partial charge in [-0.25, -0.2) is 4.98 Å². The molecule has 0 saturated heterocycles. The molecule has 1 aromatic carbocycles. The molecule has 0 fully saturated rings. The van der Waals surface area contributed by atoms with Crippen LogP contribution < -0.4 is 0 Å². The van der Waals surface area contributed by atoms with E-state index >= 15 is 0 Å². The second-order valence-corrected chi connectivity index (χ2v) is 8.16. The van der Waals surface area contributed by atoms with Gasteiger partial charge in [0.25, 0.3) is 0 Å². The third-order valence-corrected chi connectivity index (χ3v) is 5.31. The van der Waals surface area contributed by atoms with Gasteiger partial charge in [-0.1, -0.05) is 30.3 Å². The van der Waals surface area contributed by atoms with Crippen LogP contribution in [0.5, 0.6) is 0 Å². The Morgan fingerprint density at radius 1 is 1.08 bits per heavy atom. The summed E-state index contributed by atoms with van der Waals surface area (Å²) in [6.45, 7) is 6.59. The largest absolute Gasteiger partial charge is 0.319 e. The molecule has 4 nitrogen and oxygen atoms in total. The van der Waals surface area contributed by atoms with Crippen LogP contribution in [0.15, 0.2) is 48.7 Å². The Hall–Kier alpha value is -2.33. The topological polar surface area (TPSA) is 46.0 Å². The van der Waals surface area contributed by atoms with Crippen LogP contribution in [0.2, 0.25) is 0 Å². The van der Waals surface area contributed by atoms with Crippen molar-refractivity contribution in [3.63, 3.8) is 0 Å². The number of hydrogen-bond donors (Lipinski definition) is 0. The number of benzene rings is 1. The lowest BCUT2D eigenvalue weighted by atomic mass is 10.1. The molecule has 25 heavy (non-hydrogen) atoms. The highest BCUT2D eigenvalue weighted by Crippen LogP contribution is 2.39. The Labute approximate surface area is 159 Å². The first-order valence-electron chi connectivity index (χ1n) is 8.10. The van der Waals surface area contributed by atoms with E-state index in [0.29, 0.717) is 5.56 Å². The van der Waals surface area contributed by atoms with Crippen molar-refractivity contribution in [3.05, 3.63) is 57.8 Å². The van der Waals surface area contributed by atoms with Crippen molar-refractivity contribution in [2.24, 2.45) is 0 Å². The van der Waals surface area contributed by atoms with Gasteiger partial charge in [0, 0.05) is 11.7 Å². The van der Waals surface area contributed by atoms with Crippen LogP contribution in [0.25, 0.3) is 28.1 Å². The second-order valence-electron chi connectivity index (χ2n) is 7.08. The SMILES string of the molecule is CC(C)(C)n1c(-c2ccccc2)c(I)c2nc3ccc(C#N)cn3c21. The Balaban J connectivity index is 2.21. The highest BCUT2D eigenvalue weighted by Gasteiger charge is 2.28. The lowest BCUT2D eigenvalue weighted by molar-refractivity contribution is 0.412. The van der Waals surface area contributed by atoms with E-state index in [1.807, 2.05) is 28.8 Å². The zero-order chi connectivity index (χ0) is 17.8. The van der Waals surface area contributed by atoms with E-state index in [0.717, 1.165) is 20.4 Å². The smallest absolute Gasteiger partial charge is 0.147 e. The Morgan fingerprint density at radius 2 is 1.80 bits per heavy atom. The van der Waals surface area contributed by atoms with Gasteiger partial charge >= 0.3 is 0 Å². The molecule has 0 unspecified atom stereocenters. The second kappa shape index (κ2) is 5.60. The lowest BCUT2D eigenvalue weighted by Crippen LogP contribution is -2.23. The van der Waals surface area contributed by atoms with Crippen LogP contribution in [-0.2, 0) is 5.54 Å². The Bertz CT molecular complexity index is 1140. The summed E-state index contributed by atoms with van der Waals surface area (Å²) < 4.78 is 5.50. The summed E-state index contributed by atoms with van der Waals surface area (Å²) in [4.78, 5) is 4.84. The molecule has 5 heteroatoms. The molecule has 0 aliphatic heterocycles. The maximum atomic E-state index is 9.28. The third-order valence-electron chi connectivity index (χ3n) is 4.29. The molecule has 3 heterocycles. The maximum absolute atomic E-state index is 9.28. The molecule has 0 bridgehead atoms. The fourth-order valence-electron chi connectivity index (χ4n) is 3.28. The van der Waals surface area contributed by atoms with Crippen LogP contribution in [0, 0.1) is 14.9 Å². The molecule has 4 aromatic rings. The van der Waals surface area contributed by atoms with E-state index in [1.165, 1.54) is 11.3 Å². The molecule has 0 amide bonds. The summed E-state index contributed by atoms with van der Waals surface area (Å²) in [5, 5.41) is 9.28. The summed E-state index contributed by atoms with van der Waals surface area (Å²) >= 11 is 2.39. The molecule has 0 atom stereocenters. The van der Waals surface area contributed by atoms with Gasteiger partial charge in [0.2, 0.25) is 0 Å². The maximum Gasteiger partial charge on any atom is 0.147 e. The minimum absolute atomic E-state index is 0.133. The molecular formula is C20H17IN4. The molecule has 0 N–H and O–H groups in total. The number of fused-ring (bicyclic) bond motifs is 3. The van der Waals surface area contributed by atoms with E-state index in [1.54, 1.807) is 0 Å². The van der Waals surface area contributed by atoms with Crippen molar-refractivity contribution in [2.45, 2.75) is 26.3 Å². The van der Waals surface area contributed by atoms with Crippen molar-refractivity contribution in [1.82, 2.24) is 14.0 Å². The minimum atomic E-state index is -0.133. The first-order chi connectivity index (χ1) is 11.9. The van der Waals surface area contributed by atoms with E-state index in [2.05, 4.69) is 78.3 Å². The van der Waals surface area contributed by atoms with Crippen molar-refractivity contribution in [3.8, 4) is 17.3 Å². The fraction of sp³-hybridized carbons (Fsp3) is 0.200. The molecule has 3 aromatic heterocycles. The average molecular weight is 440 g/mol. The molecule has 4 rings (SSSR count). The van der Waals surface area contributed by atoms with Gasteiger partial charge in [-0.3, -0.25) is 4.40 Å². The summed E-state index contributed by atoms with van der Waals surface area (Å²) in [6, 6.07) is 16.4. The number of rotatable bonds is 1. The van der Waals surface area contributed by atoms with E-state index in [4.69, 9.17) is 4.98 Å². The van der Waals surface area contributed by atoms with Crippen molar-refractivity contribution >= 4 is 39.4 Å². The third kappa shape index (κ3) is 2.44. The molecule has 124 valence electrons. The predicted molar refractivity (Wildman–Crippen MR) is 109 cm³/mol. The summed E-state index contributed by atoms with van der Waals surface area (Å²) in [5.74, 6) is 0. The number of halogens is 1. The predicted octanol–water partition coefficient (Wildman–Crippen LogP) is 5.19. The number of nitrogens with zero attached hydrogens (tertiary/aromatic N) is 4. The highest BCUT2D eigenvalue weighted by molar-refractivity contribution is 14.1. The van der Waals surface area contributed by atoms with Crippen LogP contribution >= 0.6 is 22.6 Å². The van der Waals surface area contributed by atoms with Gasteiger partial charge in [0.1, 0.15) is 22.9 Å². The zero-order valence-electron chi connectivity index (χ0n) is 14.3. The van der Waals surface area contributed by atoms with Gasteiger partial charge in [-0.2, -0.15) is 5.26 Å².